The molecule has 4 N–H and O–H groups in total. The molecule has 0 bridgehead atoms. The van der Waals surface area contributed by atoms with Crippen LogP contribution in [0.4, 0.5) is 4.79 Å². The fourth-order valence-electron chi connectivity index (χ4n) is 1.54. The summed E-state index contributed by atoms with van der Waals surface area (Å²) in [6, 6.07) is 0. The highest BCUT2D eigenvalue weighted by Crippen LogP contribution is 2.06. The molecule has 0 aliphatic rings. The van der Waals surface area contributed by atoms with Crippen LogP contribution in [0.25, 0.3) is 0 Å². The smallest absolute Gasteiger partial charge is 0.407 e. The predicted molar refractivity (Wildman–Crippen MR) is 104 cm³/mol. The Morgan fingerprint density at radius 1 is 1.13 bits per heavy atom. The van der Waals surface area contributed by atoms with Crippen molar-refractivity contribution in [2.24, 2.45) is 10.7 Å². The number of carbonyl (C=O) groups is 1. The van der Waals surface area contributed by atoms with Crippen LogP contribution in [-0.2, 0) is 9.47 Å². The molecule has 0 heterocycles. The van der Waals surface area contributed by atoms with E-state index in [0.29, 0.717) is 25.7 Å². The van der Waals surface area contributed by atoms with E-state index in [9.17, 15) is 4.79 Å². The Labute approximate surface area is 157 Å². The number of aliphatic imine (C=N–C) groups is 1. The van der Waals surface area contributed by atoms with Crippen molar-refractivity contribution in [2.45, 2.75) is 52.6 Å². The Hall–Kier alpha value is -0.770. The average molecular weight is 444 g/mol. The van der Waals surface area contributed by atoms with Gasteiger partial charge in [0.15, 0.2) is 5.96 Å². The van der Waals surface area contributed by atoms with Crippen LogP contribution in [0.5, 0.6) is 0 Å². The maximum absolute atomic E-state index is 11.4. The number of unbranched alkanes of at least 4 members (excludes halogenated alkanes) is 1. The number of halogens is 1. The first-order chi connectivity index (χ1) is 10.3. The number of guanidine groups is 1. The number of hydrogen-bond donors (Lipinski definition) is 3. The summed E-state index contributed by atoms with van der Waals surface area (Å²) in [5.74, 6) is 0.455. The van der Waals surface area contributed by atoms with Gasteiger partial charge >= 0.3 is 6.09 Å². The van der Waals surface area contributed by atoms with Gasteiger partial charge in [-0.1, -0.05) is 0 Å². The third kappa shape index (κ3) is 19.2. The Morgan fingerprint density at radius 3 is 2.30 bits per heavy atom. The van der Waals surface area contributed by atoms with E-state index >= 15 is 0 Å². The Kier molecular flexibility index (Phi) is 15.8. The number of amides is 1. The van der Waals surface area contributed by atoms with Crippen LogP contribution in [0.1, 0.15) is 47.0 Å². The molecule has 0 aromatic carbocycles. The summed E-state index contributed by atoms with van der Waals surface area (Å²) in [5.41, 5.74) is 5.27. The van der Waals surface area contributed by atoms with E-state index in [-0.39, 0.29) is 30.1 Å². The van der Waals surface area contributed by atoms with E-state index in [1.165, 1.54) is 0 Å². The molecule has 0 spiro atoms. The van der Waals surface area contributed by atoms with E-state index < -0.39 is 5.60 Å². The molecule has 0 radical (unpaired) electrons. The van der Waals surface area contributed by atoms with Gasteiger partial charge in [-0.25, -0.2) is 4.79 Å². The van der Waals surface area contributed by atoms with Crippen LogP contribution in [0, 0.1) is 0 Å². The first-order valence-electron chi connectivity index (χ1n) is 7.93. The summed E-state index contributed by atoms with van der Waals surface area (Å²) in [6.07, 6.45) is 2.24. The summed E-state index contributed by atoms with van der Waals surface area (Å²) >= 11 is 0. The van der Waals surface area contributed by atoms with Crippen molar-refractivity contribution in [1.82, 2.24) is 10.6 Å². The largest absolute Gasteiger partial charge is 0.444 e. The molecule has 1 amide bonds. The van der Waals surface area contributed by atoms with Crippen LogP contribution in [0.2, 0.25) is 0 Å². The van der Waals surface area contributed by atoms with E-state index in [1.54, 1.807) is 0 Å². The van der Waals surface area contributed by atoms with E-state index in [0.717, 1.165) is 32.4 Å². The van der Waals surface area contributed by atoms with Crippen molar-refractivity contribution in [1.29, 1.82) is 0 Å². The van der Waals surface area contributed by atoms with Gasteiger partial charge in [0.05, 0.1) is 0 Å². The zero-order valence-electron chi connectivity index (χ0n) is 14.8. The summed E-state index contributed by atoms with van der Waals surface area (Å²) in [7, 11) is 0. The lowest BCUT2D eigenvalue weighted by atomic mass is 10.2. The summed E-state index contributed by atoms with van der Waals surface area (Å²) in [6.45, 7) is 10.9. The molecule has 0 aliphatic carbocycles. The van der Waals surface area contributed by atoms with Crippen LogP contribution >= 0.6 is 24.0 Å². The van der Waals surface area contributed by atoms with Crippen molar-refractivity contribution in [3.05, 3.63) is 0 Å². The van der Waals surface area contributed by atoms with Crippen LogP contribution < -0.4 is 16.4 Å². The SMILES string of the molecule is CCOCCCN=C(N)NCCCCNC(=O)OC(C)(C)C.I. The molecule has 0 aromatic rings. The number of nitrogens with one attached hydrogen (secondary N) is 2. The molecule has 8 heteroatoms. The fraction of sp³-hybridized carbons (Fsp3) is 0.867. The monoisotopic (exact) mass is 444 g/mol. The van der Waals surface area contributed by atoms with Crippen molar-refractivity contribution in [3.63, 3.8) is 0 Å². The summed E-state index contributed by atoms with van der Waals surface area (Å²) in [4.78, 5) is 15.6. The quantitative estimate of drug-likeness (QED) is 0.208. The second-order valence-electron chi connectivity index (χ2n) is 5.88. The number of alkyl carbamates (subject to hydrolysis) is 1. The maximum Gasteiger partial charge on any atom is 0.407 e. The van der Waals surface area contributed by atoms with E-state index in [4.69, 9.17) is 15.2 Å². The number of carbonyl (C=O) groups excluding carboxylic acids is 1. The zero-order valence-corrected chi connectivity index (χ0v) is 17.1. The van der Waals surface area contributed by atoms with Crippen molar-refractivity contribution < 1.29 is 14.3 Å². The fourth-order valence-corrected chi connectivity index (χ4v) is 1.54. The van der Waals surface area contributed by atoms with Gasteiger partial charge in [0.2, 0.25) is 0 Å². The Morgan fingerprint density at radius 2 is 1.74 bits per heavy atom. The number of hydrogen-bond acceptors (Lipinski definition) is 4. The lowest BCUT2D eigenvalue weighted by Crippen LogP contribution is -2.34. The molecule has 0 rings (SSSR count). The highest BCUT2D eigenvalue weighted by Gasteiger charge is 2.15. The number of nitrogens with zero attached hydrogens (tertiary/aromatic N) is 1. The third-order valence-electron chi connectivity index (χ3n) is 2.51. The minimum atomic E-state index is -0.460. The Balaban J connectivity index is 0. The molecule has 7 nitrogen and oxygen atoms in total. The van der Waals surface area contributed by atoms with Gasteiger partial charge in [-0.05, 0) is 47.0 Å². The second kappa shape index (κ2) is 14.8. The molecular weight excluding hydrogens is 411 g/mol. The molecule has 138 valence electrons. The maximum atomic E-state index is 11.4. The highest BCUT2D eigenvalue weighted by atomic mass is 127. The molecular formula is C15H33IN4O3. The van der Waals surface area contributed by atoms with Gasteiger partial charge in [-0.15, -0.1) is 24.0 Å². The predicted octanol–water partition coefficient (Wildman–Crippen LogP) is 2.24. The lowest BCUT2D eigenvalue weighted by molar-refractivity contribution is 0.0527. The standard InChI is InChI=1S/C15H32N4O3.HI/c1-5-21-12-8-11-18-13(16)17-9-6-7-10-19-14(20)22-15(2,3)4;/h5-12H2,1-4H3,(H,19,20)(H3,16,17,18);1H. The van der Waals surface area contributed by atoms with Gasteiger partial charge in [-0.3, -0.25) is 4.99 Å². The second-order valence-corrected chi connectivity index (χ2v) is 5.88. The van der Waals surface area contributed by atoms with Crippen molar-refractivity contribution in [2.75, 3.05) is 32.8 Å². The van der Waals surface area contributed by atoms with Crippen LogP contribution in [-0.4, -0.2) is 50.5 Å². The third-order valence-corrected chi connectivity index (χ3v) is 2.51. The van der Waals surface area contributed by atoms with Gasteiger partial charge < -0.3 is 25.8 Å². The molecule has 0 fully saturated rings. The number of rotatable bonds is 10. The number of ether oxygens (including phenoxy) is 2. The first kappa shape index (κ1) is 24.5. The molecule has 0 aromatic heterocycles. The molecule has 0 unspecified atom stereocenters. The molecule has 23 heavy (non-hydrogen) atoms. The highest BCUT2D eigenvalue weighted by molar-refractivity contribution is 14.0. The van der Waals surface area contributed by atoms with Gasteiger partial charge in [-0.2, -0.15) is 0 Å². The molecule has 0 aliphatic heterocycles. The molecule has 0 saturated carbocycles. The normalized spacial score (nSPS) is 11.6. The molecule has 0 saturated heterocycles. The van der Waals surface area contributed by atoms with Crippen molar-refractivity contribution >= 4 is 36.0 Å². The minimum absolute atomic E-state index is 0. The molecule has 0 atom stereocenters. The van der Waals surface area contributed by atoms with Gasteiger partial charge in [0.25, 0.3) is 0 Å². The van der Waals surface area contributed by atoms with Gasteiger partial charge in [0.1, 0.15) is 5.60 Å². The van der Waals surface area contributed by atoms with Crippen LogP contribution in [0.3, 0.4) is 0 Å². The van der Waals surface area contributed by atoms with Gasteiger partial charge in [0, 0.05) is 32.8 Å². The lowest BCUT2D eigenvalue weighted by Gasteiger charge is -2.19. The van der Waals surface area contributed by atoms with E-state index in [2.05, 4.69) is 15.6 Å². The first-order valence-corrected chi connectivity index (χ1v) is 7.93. The Bertz CT molecular complexity index is 333. The number of nitrogens with two attached hydrogens (primary N) is 1. The van der Waals surface area contributed by atoms with E-state index in [1.807, 2.05) is 27.7 Å². The average Bonchev–Trinajstić information content (AvgIpc) is 2.40. The zero-order chi connectivity index (χ0) is 16.8. The topological polar surface area (TPSA) is 98.0 Å². The van der Waals surface area contributed by atoms with Crippen LogP contribution in [0.15, 0.2) is 4.99 Å². The van der Waals surface area contributed by atoms with Crippen molar-refractivity contribution in [3.8, 4) is 0 Å². The summed E-state index contributed by atoms with van der Waals surface area (Å²) < 4.78 is 10.4. The minimum Gasteiger partial charge on any atom is -0.444 e. The summed E-state index contributed by atoms with van der Waals surface area (Å²) in [5, 5.41) is 5.76.